The summed E-state index contributed by atoms with van der Waals surface area (Å²) in [4.78, 5) is 26.9. The van der Waals surface area contributed by atoms with Crippen molar-refractivity contribution in [2.45, 2.75) is 45.1 Å². The van der Waals surface area contributed by atoms with E-state index in [0.717, 1.165) is 50.4 Å². The van der Waals surface area contributed by atoms with Gasteiger partial charge in [-0.1, -0.05) is 6.07 Å². The number of hydrogen-bond acceptors (Lipinski definition) is 4. The second-order valence-corrected chi connectivity index (χ2v) is 7.43. The van der Waals surface area contributed by atoms with Crippen molar-refractivity contribution >= 4 is 23.2 Å². The van der Waals surface area contributed by atoms with Crippen LogP contribution in [-0.2, 0) is 9.59 Å². The molecule has 3 rings (SSSR count). The molecule has 2 heterocycles. The molecule has 0 aromatic heterocycles. The molecule has 2 amide bonds. The maximum absolute atomic E-state index is 12.3. The van der Waals surface area contributed by atoms with E-state index in [0.29, 0.717) is 0 Å². The van der Waals surface area contributed by atoms with Crippen molar-refractivity contribution in [2.24, 2.45) is 5.92 Å². The Morgan fingerprint density at radius 1 is 1.23 bits per heavy atom. The van der Waals surface area contributed by atoms with E-state index >= 15 is 0 Å². The Hall–Kier alpha value is -2.08. The lowest BCUT2D eigenvalue weighted by atomic mass is 9.97. The van der Waals surface area contributed by atoms with Crippen molar-refractivity contribution in [3.05, 3.63) is 24.3 Å². The predicted octanol–water partition coefficient (Wildman–Crippen LogP) is 2.12. The van der Waals surface area contributed by atoms with Crippen LogP contribution in [0.4, 0.5) is 11.4 Å². The highest BCUT2D eigenvalue weighted by atomic mass is 16.2. The Morgan fingerprint density at radius 2 is 1.96 bits per heavy atom. The van der Waals surface area contributed by atoms with Gasteiger partial charge in [-0.2, -0.15) is 0 Å². The van der Waals surface area contributed by atoms with Gasteiger partial charge in [0.1, 0.15) is 0 Å². The minimum Gasteiger partial charge on any atom is -0.371 e. The van der Waals surface area contributed by atoms with Gasteiger partial charge >= 0.3 is 0 Å². The Kier molecular flexibility index (Phi) is 6.50. The van der Waals surface area contributed by atoms with Gasteiger partial charge in [-0.25, -0.2) is 0 Å². The molecule has 6 nitrogen and oxygen atoms in total. The molecule has 1 atom stereocenters. The fourth-order valence-corrected chi connectivity index (χ4v) is 3.74. The quantitative estimate of drug-likeness (QED) is 0.728. The van der Waals surface area contributed by atoms with E-state index in [-0.39, 0.29) is 30.2 Å². The third-order valence-corrected chi connectivity index (χ3v) is 5.19. The maximum Gasteiger partial charge on any atom is 0.226 e. The SMILES string of the molecule is CC(CC(=O)Nc1cccc(N2CCCC2)c1)NC(=O)C1CCNCC1. The van der Waals surface area contributed by atoms with E-state index in [1.54, 1.807) is 0 Å². The first kappa shape index (κ1) is 18.7. The lowest BCUT2D eigenvalue weighted by Crippen LogP contribution is -2.42. The summed E-state index contributed by atoms with van der Waals surface area (Å²) in [6.07, 6.45) is 4.47. The molecule has 2 aliphatic rings. The standard InChI is InChI=1S/C20H30N4O2/c1-15(22-20(26)16-7-9-21-10-8-16)13-19(25)23-17-5-4-6-18(14-17)24-11-2-3-12-24/h4-6,14-16,21H,2-3,7-13H2,1H3,(H,22,26)(H,23,25). The first-order valence-corrected chi connectivity index (χ1v) is 9.78. The summed E-state index contributed by atoms with van der Waals surface area (Å²) in [7, 11) is 0. The lowest BCUT2D eigenvalue weighted by molar-refractivity contribution is -0.126. The zero-order valence-electron chi connectivity index (χ0n) is 15.6. The van der Waals surface area contributed by atoms with Crippen LogP contribution < -0.4 is 20.9 Å². The molecule has 2 aliphatic heterocycles. The molecule has 0 bridgehead atoms. The summed E-state index contributed by atoms with van der Waals surface area (Å²) >= 11 is 0. The molecular weight excluding hydrogens is 328 g/mol. The van der Waals surface area contributed by atoms with Crippen LogP contribution in [-0.4, -0.2) is 44.0 Å². The molecule has 1 aromatic carbocycles. The van der Waals surface area contributed by atoms with Gasteiger partial charge < -0.3 is 20.9 Å². The van der Waals surface area contributed by atoms with E-state index in [4.69, 9.17) is 0 Å². The number of amides is 2. The Bertz CT molecular complexity index is 622. The van der Waals surface area contributed by atoms with E-state index in [2.05, 4.69) is 26.9 Å². The molecule has 0 saturated carbocycles. The Balaban J connectivity index is 1.47. The van der Waals surface area contributed by atoms with Crippen molar-refractivity contribution in [3.8, 4) is 0 Å². The molecular formula is C20H30N4O2. The van der Waals surface area contributed by atoms with Crippen molar-refractivity contribution in [2.75, 3.05) is 36.4 Å². The first-order valence-electron chi connectivity index (χ1n) is 9.78. The largest absolute Gasteiger partial charge is 0.371 e. The van der Waals surface area contributed by atoms with Crippen LogP contribution in [0.15, 0.2) is 24.3 Å². The second-order valence-electron chi connectivity index (χ2n) is 7.43. The van der Waals surface area contributed by atoms with Crippen LogP contribution >= 0.6 is 0 Å². The fourth-order valence-electron chi connectivity index (χ4n) is 3.74. The van der Waals surface area contributed by atoms with E-state index in [1.807, 2.05) is 25.1 Å². The van der Waals surface area contributed by atoms with Crippen molar-refractivity contribution < 1.29 is 9.59 Å². The average Bonchev–Trinajstić information content (AvgIpc) is 3.17. The van der Waals surface area contributed by atoms with Crippen LogP contribution in [0.1, 0.15) is 39.0 Å². The van der Waals surface area contributed by atoms with Gasteiger partial charge in [-0.05, 0) is 63.9 Å². The zero-order valence-corrected chi connectivity index (χ0v) is 15.6. The molecule has 3 N–H and O–H groups in total. The summed E-state index contributed by atoms with van der Waals surface area (Å²) in [5, 5.41) is 9.21. The minimum atomic E-state index is -0.167. The number of carbonyl (C=O) groups is 2. The zero-order chi connectivity index (χ0) is 18.4. The number of benzene rings is 1. The summed E-state index contributed by atoms with van der Waals surface area (Å²) in [5.41, 5.74) is 1.98. The van der Waals surface area contributed by atoms with Crippen LogP contribution in [0.5, 0.6) is 0 Å². The average molecular weight is 358 g/mol. The van der Waals surface area contributed by atoms with E-state index in [1.165, 1.54) is 12.8 Å². The maximum atomic E-state index is 12.3. The van der Waals surface area contributed by atoms with Crippen LogP contribution in [0, 0.1) is 5.92 Å². The minimum absolute atomic E-state index is 0.0679. The van der Waals surface area contributed by atoms with Gasteiger partial charge in [-0.3, -0.25) is 9.59 Å². The number of anilines is 2. The highest BCUT2D eigenvalue weighted by Crippen LogP contribution is 2.23. The molecule has 26 heavy (non-hydrogen) atoms. The Labute approximate surface area is 155 Å². The fraction of sp³-hybridized carbons (Fsp3) is 0.600. The third-order valence-electron chi connectivity index (χ3n) is 5.19. The molecule has 2 saturated heterocycles. The predicted molar refractivity (Wildman–Crippen MR) is 104 cm³/mol. The number of piperidine rings is 1. The number of nitrogens with zero attached hydrogens (tertiary/aromatic N) is 1. The van der Waals surface area contributed by atoms with Gasteiger partial charge in [0.15, 0.2) is 0 Å². The summed E-state index contributed by atoms with van der Waals surface area (Å²) in [5.74, 6) is 0.0726. The van der Waals surface area contributed by atoms with Gasteiger partial charge in [0.05, 0.1) is 0 Å². The van der Waals surface area contributed by atoms with Gasteiger partial charge in [0, 0.05) is 42.8 Å². The second kappa shape index (κ2) is 9.03. The summed E-state index contributed by atoms with van der Waals surface area (Å²) < 4.78 is 0. The molecule has 142 valence electrons. The molecule has 1 unspecified atom stereocenters. The van der Waals surface area contributed by atoms with Crippen molar-refractivity contribution in [3.63, 3.8) is 0 Å². The lowest BCUT2D eigenvalue weighted by Gasteiger charge is -2.24. The topological polar surface area (TPSA) is 73.5 Å². The van der Waals surface area contributed by atoms with E-state index < -0.39 is 0 Å². The highest BCUT2D eigenvalue weighted by molar-refractivity contribution is 5.92. The van der Waals surface area contributed by atoms with Crippen LogP contribution in [0.3, 0.4) is 0 Å². The van der Waals surface area contributed by atoms with Crippen molar-refractivity contribution in [1.82, 2.24) is 10.6 Å². The first-order chi connectivity index (χ1) is 12.6. The number of hydrogen-bond donors (Lipinski definition) is 3. The van der Waals surface area contributed by atoms with Gasteiger partial charge in [-0.15, -0.1) is 0 Å². The molecule has 0 radical (unpaired) electrons. The van der Waals surface area contributed by atoms with E-state index in [9.17, 15) is 9.59 Å². The summed E-state index contributed by atoms with van der Waals surface area (Å²) in [6, 6.07) is 7.84. The number of rotatable bonds is 6. The van der Waals surface area contributed by atoms with Gasteiger partial charge in [0.2, 0.25) is 11.8 Å². The summed E-state index contributed by atoms with van der Waals surface area (Å²) in [6.45, 7) is 5.83. The van der Waals surface area contributed by atoms with Crippen LogP contribution in [0.25, 0.3) is 0 Å². The molecule has 6 heteroatoms. The van der Waals surface area contributed by atoms with Gasteiger partial charge in [0.25, 0.3) is 0 Å². The molecule has 0 spiro atoms. The third kappa shape index (κ3) is 5.21. The smallest absolute Gasteiger partial charge is 0.226 e. The molecule has 2 fully saturated rings. The number of nitrogens with one attached hydrogen (secondary N) is 3. The molecule has 1 aromatic rings. The van der Waals surface area contributed by atoms with Crippen LogP contribution in [0.2, 0.25) is 0 Å². The number of carbonyl (C=O) groups excluding carboxylic acids is 2. The molecule has 0 aliphatic carbocycles. The normalized spacial score (nSPS) is 19.2. The van der Waals surface area contributed by atoms with Crippen molar-refractivity contribution in [1.29, 1.82) is 0 Å². The monoisotopic (exact) mass is 358 g/mol. The highest BCUT2D eigenvalue weighted by Gasteiger charge is 2.22. The Morgan fingerprint density at radius 3 is 2.69 bits per heavy atom.